The molecule has 0 aliphatic heterocycles. The maximum atomic E-state index is 12.4. The summed E-state index contributed by atoms with van der Waals surface area (Å²) in [5.41, 5.74) is -1.10. The third-order valence-electron chi connectivity index (χ3n) is 4.02. The van der Waals surface area contributed by atoms with Gasteiger partial charge in [-0.25, -0.2) is 4.79 Å². The lowest BCUT2D eigenvalue weighted by atomic mass is 9.93. The number of nitrogens with one attached hydrogen (secondary N) is 1. The van der Waals surface area contributed by atoms with Crippen LogP contribution in [-0.2, 0) is 14.2 Å². The minimum atomic E-state index is -0.864. The topological polar surface area (TPSA) is 89.8 Å². The van der Waals surface area contributed by atoms with Crippen molar-refractivity contribution in [2.45, 2.75) is 58.3 Å². The van der Waals surface area contributed by atoms with Crippen LogP contribution in [0, 0.1) is 11.3 Å². The molecule has 0 aliphatic carbocycles. The van der Waals surface area contributed by atoms with Crippen LogP contribution in [0.2, 0.25) is 0 Å². The van der Waals surface area contributed by atoms with Crippen molar-refractivity contribution in [2.24, 2.45) is 0 Å². The number of alkyl carbamates (subject to hydrolysis) is 1. The molecule has 0 saturated heterocycles. The molecule has 0 bridgehead atoms. The smallest absolute Gasteiger partial charge is 0.408 e. The van der Waals surface area contributed by atoms with Crippen molar-refractivity contribution < 1.29 is 23.7 Å². The van der Waals surface area contributed by atoms with Gasteiger partial charge in [0.15, 0.2) is 0 Å². The fourth-order valence-corrected chi connectivity index (χ4v) is 2.72. The van der Waals surface area contributed by atoms with Gasteiger partial charge in [-0.1, -0.05) is 22.9 Å². The van der Waals surface area contributed by atoms with Gasteiger partial charge in [0.25, 0.3) is 0 Å². The van der Waals surface area contributed by atoms with Gasteiger partial charge in [-0.15, -0.1) is 0 Å². The Hall–Kier alpha value is -1.82. The summed E-state index contributed by atoms with van der Waals surface area (Å²) in [7, 11) is 1.52. The Morgan fingerprint density at radius 1 is 1.32 bits per heavy atom. The quantitative estimate of drug-likeness (QED) is 0.437. The highest BCUT2D eigenvalue weighted by molar-refractivity contribution is 9.10. The molecule has 1 amide bonds. The van der Waals surface area contributed by atoms with Crippen LogP contribution < -0.4 is 10.1 Å². The summed E-state index contributed by atoms with van der Waals surface area (Å²) in [4.78, 5) is 12.4. The van der Waals surface area contributed by atoms with Gasteiger partial charge >= 0.3 is 6.09 Å². The molecule has 0 aromatic heterocycles. The third kappa shape index (κ3) is 7.66. The van der Waals surface area contributed by atoms with Gasteiger partial charge in [0.1, 0.15) is 29.8 Å². The van der Waals surface area contributed by atoms with E-state index >= 15 is 0 Å². The Kier molecular flexibility index (Phi) is 9.21. The van der Waals surface area contributed by atoms with Crippen molar-refractivity contribution in [2.75, 3.05) is 20.5 Å². The van der Waals surface area contributed by atoms with Crippen LogP contribution in [0.5, 0.6) is 5.75 Å². The van der Waals surface area contributed by atoms with Gasteiger partial charge in [0.05, 0.1) is 18.2 Å². The first-order valence-electron chi connectivity index (χ1n) is 8.99. The Labute approximate surface area is 175 Å². The molecule has 7 nitrogen and oxygen atoms in total. The zero-order valence-corrected chi connectivity index (χ0v) is 18.9. The predicted octanol–water partition coefficient (Wildman–Crippen LogP) is 4.38. The summed E-state index contributed by atoms with van der Waals surface area (Å²) in [6, 6.07) is 6.75. The number of methoxy groups -OCH3 is 1. The second kappa shape index (κ2) is 10.6. The van der Waals surface area contributed by atoms with Gasteiger partial charge in [0, 0.05) is 11.6 Å². The molecule has 28 heavy (non-hydrogen) atoms. The van der Waals surface area contributed by atoms with Crippen LogP contribution in [0.25, 0.3) is 0 Å². The van der Waals surface area contributed by atoms with E-state index in [1.807, 2.05) is 13.8 Å². The summed E-state index contributed by atoms with van der Waals surface area (Å²) in [6.07, 6.45) is -0.0298. The Balaban J connectivity index is 3.12. The molecule has 1 N–H and O–H groups in total. The van der Waals surface area contributed by atoms with E-state index in [1.165, 1.54) is 7.11 Å². The second-order valence-electron chi connectivity index (χ2n) is 7.50. The number of rotatable bonds is 9. The van der Waals surface area contributed by atoms with E-state index in [9.17, 15) is 10.1 Å². The summed E-state index contributed by atoms with van der Waals surface area (Å²) in [5.74, 6) is 0.420. The molecule has 0 fully saturated rings. The van der Waals surface area contributed by atoms with Gasteiger partial charge < -0.3 is 24.3 Å². The number of carbonyl (C=O) groups is 1. The van der Waals surface area contributed by atoms with Crippen LogP contribution >= 0.6 is 15.9 Å². The van der Waals surface area contributed by atoms with Crippen molar-refractivity contribution in [1.82, 2.24) is 5.32 Å². The maximum Gasteiger partial charge on any atom is 0.408 e. The molecule has 1 aromatic carbocycles. The Morgan fingerprint density at radius 2 is 2.00 bits per heavy atom. The lowest BCUT2D eigenvalue weighted by Crippen LogP contribution is -2.57. The minimum absolute atomic E-state index is 0.0760. The normalized spacial score (nSPS) is 14.5. The number of hydrogen-bond acceptors (Lipinski definition) is 6. The molecule has 0 aliphatic rings. The maximum absolute atomic E-state index is 12.4. The number of carbonyl (C=O) groups excluding carboxylic acids is 1. The molecule has 156 valence electrons. The average Bonchev–Trinajstić information content (AvgIpc) is 2.59. The monoisotopic (exact) mass is 456 g/mol. The first-order valence-corrected chi connectivity index (χ1v) is 9.78. The number of hydrogen-bond donors (Lipinski definition) is 1. The van der Waals surface area contributed by atoms with E-state index in [-0.39, 0.29) is 13.4 Å². The van der Waals surface area contributed by atoms with Crippen molar-refractivity contribution in [1.29, 1.82) is 5.26 Å². The van der Waals surface area contributed by atoms with Crippen LogP contribution in [0.1, 0.15) is 46.6 Å². The Morgan fingerprint density at radius 3 is 2.54 bits per heavy atom. The van der Waals surface area contributed by atoms with Crippen molar-refractivity contribution in [3.63, 3.8) is 0 Å². The zero-order valence-electron chi connectivity index (χ0n) is 17.3. The van der Waals surface area contributed by atoms with Gasteiger partial charge in [-0.3, -0.25) is 0 Å². The molecule has 2 atom stereocenters. The molecule has 0 spiro atoms. The number of benzene rings is 1. The summed E-state index contributed by atoms with van der Waals surface area (Å²) < 4.78 is 22.8. The highest BCUT2D eigenvalue weighted by atomic mass is 79.9. The number of halogens is 1. The highest BCUT2D eigenvalue weighted by Crippen LogP contribution is 2.30. The number of amides is 1. The van der Waals surface area contributed by atoms with Crippen molar-refractivity contribution in [3.8, 4) is 11.8 Å². The number of nitriles is 1. The van der Waals surface area contributed by atoms with Crippen LogP contribution in [0.15, 0.2) is 22.7 Å². The van der Waals surface area contributed by atoms with Gasteiger partial charge in [0.2, 0.25) is 0 Å². The van der Waals surface area contributed by atoms with Gasteiger partial charge in [-0.2, -0.15) is 5.26 Å². The molecule has 8 heteroatoms. The number of nitrogens with zero attached hydrogens (tertiary/aromatic N) is 1. The molecule has 1 aromatic rings. The highest BCUT2D eigenvalue weighted by Gasteiger charge is 2.38. The van der Waals surface area contributed by atoms with E-state index in [2.05, 4.69) is 27.3 Å². The summed E-state index contributed by atoms with van der Waals surface area (Å²) >= 11 is 3.40. The average molecular weight is 457 g/mol. The van der Waals surface area contributed by atoms with E-state index in [0.29, 0.717) is 17.7 Å². The molecular weight excluding hydrogens is 428 g/mol. The Bertz CT molecular complexity index is 699. The minimum Gasteiger partial charge on any atom is -0.484 e. The van der Waals surface area contributed by atoms with Gasteiger partial charge in [-0.05, 0) is 52.3 Å². The lowest BCUT2D eigenvalue weighted by molar-refractivity contribution is -0.0667. The molecule has 1 rings (SSSR count). The molecule has 0 heterocycles. The standard InChI is InChI=1S/C20H29BrN2O5/c1-7-20(5,27-16-10-15(21)9-8-14(16)11-22)17(12-26-13-25-6)23-18(24)28-19(2,3)4/h8-10,17H,7,12-13H2,1-6H3,(H,23,24)/t17-,20-/m1/s1. The SMILES string of the molecule is CC[C@@](C)(Oc1cc(Br)ccc1C#N)[C@@H](COCOC)NC(=O)OC(C)(C)C. The number of ether oxygens (including phenoxy) is 4. The van der Waals surface area contributed by atoms with E-state index in [1.54, 1.807) is 39.0 Å². The third-order valence-corrected chi connectivity index (χ3v) is 4.52. The fraction of sp³-hybridized carbons (Fsp3) is 0.600. The second-order valence-corrected chi connectivity index (χ2v) is 8.41. The lowest BCUT2D eigenvalue weighted by Gasteiger charge is -2.38. The van der Waals surface area contributed by atoms with Crippen LogP contribution in [0.3, 0.4) is 0 Å². The molecule has 0 saturated carbocycles. The van der Waals surface area contributed by atoms with Crippen LogP contribution in [0.4, 0.5) is 4.79 Å². The van der Waals surface area contributed by atoms with Crippen molar-refractivity contribution >= 4 is 22.0 Å². The zero-order chi connectivity index (χ0) is 21.4. The van der Waals surface area contributed by atoms with E-state index in [4.69, 9.17) is 18.9 Å². The van der Waals surface area contributed by atoms with E-state index in [0.717, 1.165) is 4.47 Å². The first-order chi connectivity index (χ1) is 13.0. The van der Waals surface area contributed by atoms with E-state index < -0.39 is 23.3 Å². The van der Waals surface area contributed by atoms with Crippen molar-refractivity contribution in [3.05, 3.63) is 28.2 Å². The van der Waals surface area contributed by atoms with Crippen LogP contribution in [-0.4, -0.2) is 43.8 Å². The first kappa shape index (κ1) is 24.2. The summed E-state index contributed by atoms with van der Waals surface area (Å²) in [6.45, 7) is 9.38. The largest absolute Gasteiger partial charge is 0.484 e. The molecule has 0 radical (unpaired) electrons. The molecular formula is C20H29BrN2O5. The summed E-state index contributed by atoms with van der Waals surface area (Å²) in [5, 5.41) is 12.2. The fourth-order valence-electron chi connectivity index (χ4n) is 2.38. The predicted molar refractivity (Wildman–Crippen MR) is 109 cm³/mol. The molecule has 0 unspecified atom stereocenters.